The molecule has 0 spiro atoms. The summed E-state index contributed by atoms with van der Waals surface area (Å²) in [5.74, 6) is -1.64. The zero-order chi connectivity index (χ0) is 21.9. The Hall–Kier alpha value is -3.09. The molecule has 1 aromatic heterocycles. The summed E-state index contributed by atoms with van der Waals surface area (Å²) in [6, 6.07) is 3.95. The van der Waals surface area contributed by atoms with Gasteiger partial charge in [0, 0.05) is 11.4 Å². The zero-order valence-electron chi connectivity index (χ0n) is 18.0. The summed E-state index contributed by atoms with van der Waals surface area (Å²) < 4.78 is 10.4. The van der Waals surface area contributed by atoms with E-state index in [0.29, 0.717) is 22.5 Å². The number of hydrogen-bond donors (Lipinski definition) is 2. The van der Waals surface area contributed by atoms with Gasteiger partial charge in [0.15, 0.2) is 6.10 Å². The SMILES string of the molecule is CCOC(=O)c1c(C)[nH]c(C(=O)O[C@H](C)C(=O)Nc2c(C)cc(C)cc2C)c1C. The normalized spacial score (nSPS) is 11.7. The van der Waals surface area contributed by atoms with Crippen LogP contribution in [0.1, 0.15) is 62.6 Å². The fourth-order valence-electron chi connectivity index (χ4n) is 3.34. The van der Waals surface area contributed by atoms with E-state index in [1.807, 2.05) is 32.9 Å². The van der Waals surface area contributed by atoms with Gasteiger partial charge in [0.05, 0.1) is 12.2 Å². The van der Waals surface area contributed by atoms with E-state index >= 15 is 0 Å². The van der Waals surface area contributed by atoms with Gasteiger partial charge in [0.2, 0.25) is 0 Å². The molecule has 1 amide bonds. The Balaban J connectivity index is 2.14. The molecule has 29 heavy (non-hydrogen) atoms. The lowest BCUT2D eigenvalue weighted by Gasteiger charge is -2.17. The summed E-state index contributed by atoms with van der Waals surface area (Å²) in [6.45, 7) is 12.6. The number of aromatic amines is 1. The van der Waals surface area contributed by atoms with Crippen LogP contribution in [-0.4, -0.2) is 35.5 Å². The number of aryl methyl sites for hydroxylation is 4. The van der Waals surface area contributed by atoms with Gasteiger partial charge in [-0.3, -0.25) is 4.79 Å². The summed E-state index contributed by atoms with van der Waals surface area (Å²) in [5.41, 5.74) is 5.07. The Bertz CT molecular complexity index is 935. The molecule has 2 N–H and O–H groups in total. The maximum atomic E-state index is 12.6. The van der Waals surface area contributed by atoms with E-state index in [4.69, 9.17) is 9.47 Å². The Labute approximate surface area is 170 Å². The molecule has 156 valence electrons. The zero-order valence-corrected chi connectivity index (χ0v) is 18.0. The molecule has 0 fully saturated rings. The van der Waals surface area contributed by atoms with Gasteiger partial charge >= 0.3 is 11.9 Å². The quantitative estimate of drug-likeness (QED) is 0.717. The number of carbonyl (C=O) groups excluding carboxylic acids is 3. The lowest BCUT2D eigenvalue weighted by atomic mass is 10.0. The topological polar surface area (TPSA) is 97.5 Å². The Morgan fingerprint density at radius 3 is 2.17 bits per heavy atom. The molecule has 1 aromatic carbocycles. The molecule has 7 heteroatoms. The van der Waals surface area contributed by atoms with Gasteiger partial charge in [-0.2, -0.15) is 0 Å². The maximum absolute atomic E-state index is 12.6. The minimum atomic E-state index is -1.02. The van der Waals surface area contributed by atoms with E-state index in [-0.39, 0.29) is 12.3 Å². The lowest BCUT2D eigenvalue weighted by molar-refractivity contribution is -0.123. The van der Waals surface area contributed by atoms with Crippen molar-refractivity contribution in [3.63, 3.8) is 0 Å². The van der Waals surface area contributed by atoms with Gasteiger partial charge in [-0.25, -0.2) is 9.59 Å². The summed E-state index contributed by atoms with van der Waals surface area (Å²) in [7, 11) is 0. The highest BCUT2D eigenvalue weighted by Gasteiger charge is 2.26. The number of benzene rings is 1. The van der Waals surface area contributed by atoms with Crippen molar-refractivity contribution in [3.05, 3.63) is 51.3 Å². The van der Waals surface area contributed by atoms with E-state index < -0.39 is 23.9 Å². The highest BCUT2D eigenvalue weighted by Crippen LogP contribution is 2.23. The number of H-pyrrole nitrogens is 1. The van der Waals surface area contributed by atoms with Crippen molar-refractivity contribution in [1.82, 2.24) is 4.98 Å². The lowest BCUT2D eigenvalue weighted by Crippen LogP contribution is -2.30. The number of amides is 1. The Morgan fingerprint density at radius 2 is 1.62 bits per heavy atom. The second-order valence-corrected chi connectivity index (χ2v) is 7.16. The molecule has 0 saturated heterocycles. The van der Waals surface area contributed by atoms with Crippen LogP contribution in [0.15, 0.2) is 12.1 Å². The van der Waals surface area contributed by atoms with Crippen LogP contribution in [0.4, 0.5) is 5.69 Å². The average Bonchev–Trinajstić information content (AvgIpc) is 2.92. The number of ether oxygens (including phenoxy) is 2. The minimum Gasteiger partial charge on any atom is -0.462 e. The highest BCUT2D eigenvalue weighted by atomic mass is 16.5. The molecule has 0 aliphatic carbocycles. The molecular weight excluding hydrogens is 372 g/mol. The van der Waals surface area contributed by atoms with E-state index in [1.54, 1.807) is 20.8 Å². The van der Waals surface area contributed by atoms with Gasteiger partial charge in [-0.1, -0.05) is 17.7 Å². The van der Waals surface area contributed by atoms with Crippen molar-refractivity contribution in [2.75, 3.05) is 11.9 Å². The molecule has 1 atom stereocenters. The molecule has 0 aliphatic heterocycles. The fraction of sp³-hybridized carbons (Fsp3) is 0.409. The van der Waals surface area contributed by atoms with Crippen molar-refractivity contribution in [2.45, 2.75) is 54.6 Å². The molecule has 2 rings (SSSR count). The molecule has 0 aliphatic rings. The number of nitrogens with one attached hydrogen (secondary N) is 2. The van der Waals surface area contributed by atoms with Crippen LogP contribution in [0.25, 0.3) is 0 Å². The van der Waals surface area contributed by atoms with Crippen LogP contribution in [0, 0.1) is 34.6 Å². The molecule has 1 heterocycles. The van der Waals surface area contributed by atoms with Crippen molar-refractivity contribution in [2.24, 2.45) is 0 Å². The number of esters is 2. The first-order chi connectivity index (χ1) is 13.6. The molecule has 0 unspecified atom stereocenters. The van der Waals surface area contributed by atoms with E-state index in [9.17, 15) is 14.4 Å². The number of carbonyl (C=O) groups is 3. The molecule has 2 aromatic rings. The third-order valence-corrected chi connectivity index (χ3v) is 4.70. The van der Waals surface area contributed by atoms with Gasteiger partial charge in [-0.05, 0) is 65.2 Å². The van der Waals surface area contributed by atoms with E-state index in [0.717, 1.165) is 16.7 Å². The Morgan fingerprint density at radius 1 is 1.03 bits per heavy atom. The largest absolute Gasteiger partial charge is 0.462 e. The number of hydrogen-bond acceptors (Lipinski definition) is 5. The minimum absolute atomic E-state index is 0.132. The summed E-state index contributed by atoms with van der Waals surface area (Å²) in [4.78, 5) is 40.1. The van der Waals surface area contributed by atoms with Gasteiger partial charge in [0.25, 0.3) is 5.91 Å². The van der Waals surface area contributed by atoms with Crippen LogP contribution in [0.2, 0.25) is 0 Å². The third-order valence-electron chi connectivity index (χ3n) is 4.70. The van der Waals surface area contributed by atoms with Crippen molar-refractivity contribution in [3.8, 4) is 0 Å². The average molecular weight is 400 g/mol. The van der Waals surface area contributed by atoms with Gasteiger partial charge in [-0.15, -0.1) is 0 Å². The van der Waals surface area contributed by atoms with Crippen LogP contribution in [0.5, 0.6) is 0 Å². The highest BCUT2D eigenvalue weighted by molar-refractivity contribution is 6.00. The first-order valence-corrected chi connectivity index (χ1v) is 9.52. The summed E-state index contributed by atoms with van der Waals surface area (Å²) >= 11 is 0. The monoisotopic (exact) mass is 400 g/mol. The van der Waals surface area contributed by atoms with Crippen LogP contribution >= 0.6 is 0 Å². The third kappa shape index (κ3) is 4.85. The van der Waals surface area contributed by atoms with Gasteiger partial charge in [0.1, 0.15) is 5.69 Å². The number of anilines is 1. The predicted molar refractivity (Wildman–Crippen MR) is 110 cm³/mol. The van der Waals surface area contributed by atoms with Crippen LogP contribution in [0.3, 0.4) is 0 Å². The van der Waals surface area contributed by atoms with Crippen molar-refractivity contribution >= 4 is 23.5 Å². The van der Waals surface area contributed by atoms with E-state index in [2.05, 4.69) is 10.3 Å². The van der Waals surface area contributed by atoms with Crippen molar-refractivity contribution < 1.29 is 23.9 Å². The molecular formula is C22H28N2O5. The molecule has 0 radical (unpaired) electrons. The standard InChI is InChI=1S/C22H28N2O5/c1-8-28-21(26)17-14(5)19(23-15(17)6)22(27)29-16(7)20(25)24-18-12(3)9-11(2)10-13(18)4/h9-10,16,23H,8H2,1-7H3,(H,24,25)/t16-/m1/s1. The Kier molecular flexibility index (Phi) is 6.84. The molecule has 0 bridgehead atoms. The van der Waals surface area contributed by atoms with Crippen LogP contribution in [-0.2, 0) is 14.3 Å². The van der Waals surface area contributed by atoms with E-state index in [1.165, 1.54) is 6.92 Å². The summed E-state index contributed by atoms with van der Waals surface area (Å²) in [6.07, 6.45) is -1.02. The maximum Gasteiger partial charge on any atom is 0.355 e. The van der Waals surface area contributed by atoms with Crippen molar-refractivity contribution in [1.29, 1.82) is 0 Å². The first-order valence-electron chi connectivity index (χ1n) is 9.52. The number of rotatable bonds is 6. The molecule has 0 saturated carbocycles. The predicted octanol–water partition coefficient (Wildman–Crippen LogP) is 3.92. The molecule has 7 nitrogen and oxygen atoms in total. The first kappa shape index (κ1) is 22.2. The smallest absolute Gasteiger partial charge is 0.355 e. The second-order valence-electron chi connectivity index (χ2n) is 7.16. The fourth-order valence-corrected chi connectivity index (χ4v) is 3.34. The second kappa shape index (κ2) is 8.94. The number of aromatic nitrogens is 1. The van der Waals surface area contributed by atoms with Crippen LogP contribution < -0.4 is 5.32 Å². The summed E-state index contributed by atoms with van der Waals surface area (Å²) in [5, 5.41) is 2.83. The van der Waals surface area contributed by atoms with Gasteiger partial charge < -0.3 is 19.8 Å².